The van der Waals surface area contributed by atoms with Crippen molar-refractivity contribution in [3.8, 4) is 0 Å². The molecule has 0 spiro atoms. The SMILES string of the molecule is CCOC(=O)c1ccc(S(=O)(=O)Nc2nccnc2S(=O)(=O)NCCCCCc2cn(C)c(C)n2)cc1.O=C(O)CCC(=O)O. The first kappa shape index (κ1) is 36.8. The monoisotopic (exact) mass is 668 g/mol. The van der Waals surface area contributed by atoms with Crippen LogP contribution in [-0.2, 0) is 47.8 Å². The number of imidazole rings is 1. The smallest absolute Gasteiger partial charge is 0.338 e. The van der Waals surface area contributed by atoms with Crippen LogP contribution in [0.5, 0.6) is 0 Å². The van der Waals surface area contributed by atoms with E-state index >= 15 is 0 Å². The molecule has 3 aromatic rings. The Labute approximate surface area is 261 Å². The fraction of sp³-hybridized carbons (Fsp3) is 0.407. The lowest BCUT2D eigenvalue weighted by Gasteiger charge is -2.12. The van der Waals surface area contributed by atoms with E-state index in [0.717, 1.165) is 37.0 Å². The molecule has 45 heavy (non-hydrogen) atoms. The van der Waals surface area contributed by atoms with Crippen molar-refractivity contribution in [2.24, 2.45) is 7.05 Å². The van der Waals surface area contributed by atoms with Crippen molar-refractivity contribution in [3.05, 3.63) is 59.9 Å². The molecule has 1 aromatic carbocycles. The number of esters is 1. The van der Waals surface area contributed by atoms with Crippen LogP contribution in [-0.4, -0.2) is 77.6 Å². The van der Waals surface area contributed by atoms with Gasteiger partial charge in [0.2, 0.25) is 5.03 Å². The highest BCUT2D eigenvalue weighted by Gasteiger charge is 2.25. The lowest BCUT2D eigenvalue weighted by Crippen LogP contribution is -2.27. The van der Waals surface area contributed by atoms with Crippen molar-refractivity contribution in [2.75, 3.05) is 17.9 Å². The van der Waals surface area contributed by atoms with Gasteiger partial charge in [-0.3, -0.25) is 14.3 Å². The Morgan fingerprint density at radius 1 is 0.911 bits per heavy atom. The molecule has 0 aliphatic carbocycles. The van der Waals surface area contributed by atoms with E-state index in [2.05, 4.69) is 24.4 Å². The number of benzene rings is 1. The maximum absolute atomic E-state index is 12.8. The number of aryl methyl sites for hydroxylation is 3. The number of hydrogen-bond acceptors (Lipinski definition) is 11. The quantitative estimate of drug-likeness (QED) is 0.127. The number of aliphatic carboxylic acids is 2. The van der Waals surface area contributed by atoms with Gasteiger partial charge in [0.15, 0.2) is 5.82 Å². The second-order valence-electron chi connectivity index (χ2n) is 9.45. The van der Waals surface area contributed by atoms with Crippen molar-refractivity contribution in [1.82, 2.24) is 24.2 Å². The van der Waals surface area contributed by atoms with Gasteiger partial charge in [-0.1, -0.05) is 6.42 Å². The van der Waals surface area contributed by atoms with Crippen molar-refractivity contribution >= 4 is 43.8 Å². The van der Waals surface area contributed by atoms with E-state index < -0.39 is 48.8 Å². The fourth-order valence-corrected chi connectivity index (χ4v) is 5.80. The highest BCUT2D eigenvalue weighted by molar-refractivity contribution is 7.93. The lowest BCUT2D eigenvalue weighted by atomic mass is 10.1. The number of carbonyl (C=O) groups is 3. The zero-order chi connectivity index (χ0) is 33.6. The molecule has 0 aliphatic rings. The third kappa shape index (κ3) is 12.2. The second kappa shape index (κ2) is 17.2. The average Bonchev–Trinajstić information content (AvgIpc) is 3.30. The van der Waals surface area contributed by atoms with Gasteiger partial charge in [0, 0.05) is 32.2 Å². The molecule has 0 bridgehead atoms. The maximum Gasteiger partial charge on any atom is 0.338 e. The largest absolute Gasteiger partial charge is 0.481 e. The maximum atomic E-state index is 12.8. The summed E-state index contributed by atoms with van der Waals surface area (Å²) >= 11 is 0. The number of ether oxygens (including phenoxy) is 1. The molecule has 0 saturated heterocycles. The van der Waals surface area contributed by atoms with Crippen LogP contribution in [0.15, 0.2) is 52.8 Å². The van der Waals surface area contributed by atoms with Crippen LogP contribution in [0.4, 0.5) is 5.82 Å². The molecule has 3 rings (SSSR count). The second-order valence-corrected chi connectivity index (χ2v) is 12.8. The van der Waals surface area contributed by atoms with Crippen molar-refractivity contribution < 1.29 is 46.2 Å². The predicted octanol–water partition coefficient (Wildman–Crippen LogP) is 2.12. The molecule has 16 nitrogen and oxygen atoms in total. The number of nitrogens with zero attached hydrogens (tertiary/aromatic N) is 4. The van der Waals surface area contributed by atoms with Gasteiger partial charge < -0.3 is 19.5 Å². The van der Waals surface area contributed by atoms with Crippen LogP contribution in [0.2, 0.25) is 0 Å². The molecular weight excluding hydrogens is 632 g/mol. The summed E-state index contributed by atoms with van der Waals surface area (Å²) in [6.07, 6.45) is 6.73. The van der Waals surface area contributed by atoms with Gasteiger partial charge in [0.1, 0.15) is 5.82 Å². The predicted molar refractivity (Wildman–Crippen MR) is 160 cm³/mol. The molecule has 0 aliphatic heterocycles. The first-order valence-corrected chi connectivity index (χ1v) is 16.7. The van der Waals surface area contributed by atoms with E-state index in [-0.39, 0.29) is 36.5 Å². The summed E-state index contributed by atoms with van der Waals surface area (Å²) in [6.45, 7) is 3.93. The summed E-state index contributed by atoms with van der Waals surface area (Å²) in [7, 11) is -6.42. The third-order valence-electron chi connectivity index (χ3n) is 5.94. The van der Waals surface area contributed by atoms with Crippen LogP contribution in [0.25, 0.3) is 0 Å². The van der Waals surface area contributed by atoms with Crippen LogP contribution >= 0.6 is 0 Å². The minimum absolute atomic E-state index is 0.154. The zero-order valence-electron chi connectivity index (χ0n) is 25.0. The number of carboxylic acids is 2. The topological polar surface area (TPSA) is 237 Å². The third-order valence-corrected chi connectivity index (χ3v) is 8.69. The molecule has 4 N–H and O–H groups in total. The Kier molecular flexibility index (Phi) is 14.0. The van der Waals surface area contributed by atoms with Gasteiger partial charge in [0.25, 0.3) is 20.0 Å². The molecule has 0 atom stereocenters. The Bertz CT molecular complexity index is 1640. The van der Waals surface area contributed by atoms with Gasteiger partial charge in [-0.2, -0.15) is 0 Å². The molecule has 0 saturated carbocycles. The molecule has 0 amide bonds. The number of sulfonamides is 2. The Morgan fingerprint density at radius 2 is 1.53 bits per heavy atom. The molecule has 2 aromatic heterocycles. The lowest BCUT2D eigenvalue weighted by molar-refractivity contribution is -0.143. The molecule has 246 valence electrons. The number of anilines is 1. The average molecular weight is 669 g/mol. The summed E-state index contributed by atoms with van der Waals surface area (Å²) in [5.74, 6) is -2.23. The van der Waals surface area contributed by atoms with E-state index in [9.17, 15) is 31.2 Å². The number of aromatic nitrogens is 4. The van der Waals surface area contributed by atoms with Gasteiger partial charge in [-0.05, 0) is 57.4 Å². The van der Waals surface area contributed by atoms with E-state index in [0.29, 0.717) is 6.42 Å². The molecule has 0 fully saturated rings. The molecule has 2 heterocycles. The molecule has 0 unspecified atom stereocenters. The van der Waals surface area contributed by atoms with E-state index in [1.165, 1.54) is 30.5 Å². The summed E-state index contributed by atoms with van der Waals surface area (Å²) in [5.41, 5.74) is 1.18. The zero-order valence-corrected chi connectivity index (χ0v) is 26.6. The van der Waals surface area contributed by atoms with Gasteiger partial charge in [-0.15, -0.1) is 0 Å². The van der Waals surface area contributed by atoms with Crippen LogP contribution in [0, 0.1) is 6.92 Å². The summed E-state index contributed by atoms with van der Waals surface area (Å²) in [6, 6.07) is 5.03. The van der Waals surface area contributed by atoms with Crippen LogP contribution < -0.4 is 9.44 Å². The Morgan fingerprint density at radius 3 is 2.09 bits per heavy atom. The standard InChI is InChI=1S/C23H30N6O6S2.C4H6O4/c1-4-35-23(30)18-9-11-20(12-10-18)36(31,32)28-21-22(25-15-14-24-21)37(33,34)26-13-7-5-6-8-19-16-29(3)17(2)27-19;5-3(6)1-2-4(7)8/h9-12,14-16,26H,4-8,13H2,1-3H3,(H,24,28);1-2H2,(H,5,6)(H,7,8). The summed E-state index contributed by atoms with van der Waals surface area (Å²) in [4.78, 5) is 43.0. The van der Waals surface area contributed by atoms with E-state index in [1.807, 2.05) is 24.7 Å². The molecule has 18 heteroatoms. The fourth-order valence-electron chi connectivity index (χ4n) is 3.61. The van der Waals surface area contributed by atoms with Gasteiger partial charge in [0.05, 0.1) is 35.6 Å². The van der Waals surface area contributed by atoms with Crippen LogP contribution in [0.1, 0.15) is 60.9 Å². The highest BCUT2D eigenvalue weighted by atomic mass is 32.2. The minimum Gasteiger partial charge on any atom is -0.481 e. The minimum atomic E-state index is -4.22. The Balaban J connectivity index is 0.000000777. The molecular formula is C27H36N6O10S2. The first-order valence-electron chi connectivity index (χ1n) is 13.7. The van der Waals surface area contributed by atoms with Gasteiger partial charge >= 0.3 is 17.9 Å². The summed E-state index contributed by atoms with van der Waals surface area (Å²) < 4.78 is 62.8. The van der Waals surface area contributed by atoms with Crippen molar-refractivity contribution in [3.63, 3.8) is 0 Å². The number of nitrogens with one attached hydrogen (secondary N) is 2. The van der Waals surface area contributed by atoms with E-state index in [4.69, 9.17) is 14.9 Å². The number of hydrogen-bond donors (Lipinski definition) is 4. The normalized spacial score (nSPS) is 11.3. The number of unbranched alkanes of at least 4 members (excludes halogenated alkanes) is 2. The first-order chi connectivity index (χ1) is 21.2. The number of carboxylic acid groups (broad SMARTS) is 2. The van der Waals surface area contributed by atoms with E-state index in [1.54, 1.807) is 6.92 Å². The number of carbonyl (C=O) groups excluding carboxylic acids is 1. The number of rotatable bonds is 16. The Hall–Kier alpha value is -4.42. The van der Waals surface area contributed by atoms with Crippen molar-refractivity contribution in [1.29, 1.82) is 0 Å². The van der Waals surface area contributed by atoms with Crippen molar-refractivity contribution in [2.45, 2.75) is 62.3 Å². The van der Waals surface area contributed by atoms with Gasteiger partial charge in [-0.25, -0.2) is 41.3 Å². The molecule has 0 radical (unpaired) electrons. The van der Waals surface area contributed by atoms with Crippen LogP contribution in [0.3, 0.4) is 0 Å². The summed E-state index contributed by atoms with van der Waals surface area (Å²) in [5, 5.41) is 15.3. The highest BCUT2D eigenvalue weighted by Crippen LogP contribution is 2.20.